The van der Waals surface area contributed by atoms with E-state index < -0.39 is 17.2 Å². The van der Waals surface area contributed by atoms with E-state index in [1.54, 1.807) is 13.2 Å². The molecule has 0 spiro atoms. The highest BCUT2D eigenvalue weighted by Gasteiger charge is 2.24. The van der Waals surface area contributed by atoms with Gasteiger partial charge in [0.2, 0.25) is 5.91 Å². The minimum absolute atomic E-state index is 0.331. The first-order valence-corrected chi connectivity index (χ1v) is 11.3. The van der Waals surface area contributed by atoms with Gasteiger partial charge in [0.15, 0.2) is 11.0 Å². The summed E-state index contributed by atoms with van der Waals surface area (Å²) in [6, 6.07) is 20.4. The zero-order valence-corrected chi connectivity index (χ0v) is 19.0. The molecule has 0 aliphatic carbocycles. The molecule has 0 fully saturated rings. The second-order valence-corrected chi connectivity index (χ2v) is 8.59. The number of aryl methyl sites for hydroxylation is 1. The third-order valence-corrected chi connectivity index (χ3v) is 5.97. The summed E-state index contributed by atoms with van der Waals surface area (Å²) in [6.07, 6.45) is 1.60. The van der Waals surface area contributed by atoms with E-state index >= 15 is 0 Å². The Morgan fingerprint density at radius 2 is 1.73 bits per heavy atom. The number of aromatic nitrogens is 3. The summed E-state index contributed by atoms with van der Waals surface area (Å²) in [5.74, 6) is 0.911. The van der Waals surface area contributed by atoms with Gasteiger partial charge in [0.1, 0.15) is 5.76 Å². The van der Waals surface area contributed by atoms with Crippen LogP contribution >= 0.6 is 11.8 Å². The summed E-state index contributed by atoms with van der Waals surface area (Å²) in [5.41, 5.74) is 2.62. The number of amides is 3. The third kappa shape index (κ3) is 5.32. The molecular weight excluding hydrogens is 438 g/mol. The smallest absolute Gasteiger partial charge is 0.321 e. The van der Waals surface area contributed by atoms with Crippen molar-refractivity contribution in [3.8, 4) is 17.1 Å². The van der Waals surface area contributed by atoms with Crippen LogP contribution in [0, 0.1) is 6.92 Å². The van der Waals surface area contributed by atoms with Gasteiger partial charge in [0.05, 0.1) is 17.1 Å². The monoisotopic (exact) mass is 461 g/mol. The van der Waals surface area contributed by atoms with E-state index in [-0.39, 0.29) is 0 Å². The molecule has 2 aromatic carbocycles. The number of urea groups is 1. The largest absolute Gasteiger partial charge is 0.469 e. The maximum absolute atomic E-state index is 12.6. The summed E-state index contributed by atoms with van der Waals surface area (Å²) in [6.45, 7) is 3.91. The van der Waals surface area contributed by atoms with Crippen molar-refractivity contribution < 1.29 is 14.0 Å². The predicted molar refractivity (Wildman–Crippen MR) is 126 cm³/mol. The summed E-state index contributed by atoms with van der Waals surface area (Å²) in [5, 5.41) is 13.7. The molecule has 168 valence electrons. The Bertz CT molecular complexity index is 1240. The molecule has 1 unspecified atom stereocenters. The number of imide groups is 1. The quantitative estimate of drug-likeness (QED) is 0.397. The van der Waals surface area contributed by atoms with Gasteiger partial charge in [0, 0.05) is 12.2 Å². The van der Waals surface area contributed by atoms with E-state index in [1.807, 2.05) is 78.2 Å². The van der Waals surface area contributed by atoms with E-state index in [4.69, 9.17) is 4.42 Å². The Labute approximate surface area is 195 Å². The standard InChI is InChI=1S/C24H23N5O3S/c1-16-20(13-14-32-16)21-27-28-24(29(21)19-11-7-4-8-12-19)33-17(2)22(30)26-23(31)25-15-18-9-5-3-6-10-18/h3-14,17H,15H2,1-2H3,(H2,25,26,30,31). The molecule has 4 rings (SSSR count). The SMILES string of the molecule is Cc1occc1-c1nnc(SC(C)C(=O)NC(=O)NCc2ccccc2)n1-c1ccccc1. The van der Waals surface area contributed by atoms with Crippen LogP contribution in [0.25, 0.3) is 17.1 Å². The zero-order valence-electron chi connectivity index (χ0n) is 18.2. The van der Waals surface area contributed by atoms with Crippen molar-refractivity contribution in [1.29, 1.82) is 0 Å². The Hall–Kier alpha value is -3.85. The summed E-state index contributed by atoms with van der Waals surface area (Å²) in [4.78, 5) is 24.8. The number of hydrogen-bond acceptors (Lipinski definition) is 6. The number of carbonyl (C=O) groups excluding carboxylic acids is 2. The van der Waals surface area contributed by atoms with Gasteiger partial charge in [-0.15, -0.1) is 10.2 Å². The number of thioether (sulfide) groups is 1. The van der Waals surface area contributed by atoms with E-state index in [1.165, 1.54) is 11.8 Å². The Morgan fingerprint density at radius 1 is 1.03 bits per heavy atom. The molecule has 0 aliphatic heterocycles. The van der Waals surface area contributed by atoms with E-state index in [0.717, 1.165) is 22.6 Å². The van der Waals surface area contributed by atoms with Crippen LogP contribution in [-0.2, 0) is 11.3 Å². The van der Waals surface area contributed by atoms with Crippen molar-refractivity contribution in [2.45, 2.75) is 30.8 Å². The number of furan rings is 1. The number of rotatable bonds is 7. The lowest BCUT2D eigenvalue weighted by Gasteiger charge is -2.14. The van der Waals surface area contributed by atoms with Crippen LogP contribution in [0.5, 0.6) is 0 Å². The topological polar surface area (TPSA) is 102 Å². The minimum Gasteiger partial charge on any atom is -0.469 e. The van der Waals surface area contributed by atoms with E-state index in [2.05, 4.69) is 20.8 Å². The van der Waals surface area contributed by atoms with Gasteiger partial charge in [-0.05, 0) is 37.6 Å². The molecule has 2 aromatic heterocycles. The van der Waals surface area contributed by atoms with Crippen molar-refractivity contribution in [2.75, 3.05) is 0 Å². The fraction of sp³-hybridized carbons (Fsp3) is 0.167. The first-order valence-electron chi connectivity index (χ1n) is 10.4. The Morgan fingerprint density at radius 3 is 2.39 bits per heavy atom. The number of para-hydroxylation sites is 1. The maximum atomic E-state index is 12.6. The molecule has 1 atom stereocenters. The maximum Gasteiger partial charge on any atom is 0.321 e. The van der Waals surface area contributed by atoms with Crippen LogP contribution in [-0.4, -0.2) is 32.0 Å². The number of carbonyl (C=O) groups is 2. The van der Waals surface area contributed by atoms with Crippen molar-refractivity contribution in [3.63, 3.8) is 0 Å². The van der Waals surface area contributed by atoms with Crippen LogP contribution < -0.4 is 10.6 Å². The summed E-state index contributed by atoms with van der Waals surface area (Å²) in [7, 11) is 0. The van der Waals surface area contributed by atoms with Gasteiger partial charge in [-0.1, -0.05) is 60.3 Å². The van der Waals surface area contributed by atoms with E-state index in [9.17, 15) is 9.59 Å². The fourth-order valence-electron chi connectivity index (χ4n) is 3.20. The Kier molecular flexibility index (Phi) is 6.89. The molecule has 0 bridgehead atoms. The van der Waals surface area contributed by atoms with Crippen molar-refractivity contribution in [2.24, 2.45) is 0 Å². The molecule has 0 radical (unpaired) electrons. The normalized spacial score (nSPS) is 11.7. The van der Waals surface area contributed by atoms with Crippen LogP contribution in [0.3, 0.4) is 0 Å². The van der Waals surface area contributed by atoms with Crippen molar-refractivity contribution >= 4 is 23.7 Å². The van der Waals surface area contributed by atoms with Gasteiger partial charge >= 0.3 is 6.03 Å². The van der Waals surface area contributed by atoms with Crippen molar-refractivity contribution in [3.05, 3.63) is 84.3 Å². The molecule has 8 nitrogen and oxygen atoms in total. The molecular formula is C24H23N5O3S. The average molecular weight is 462 g/mol. The highest BCUT2D eigenvalue weighted by molar-refractivity contribution is 8.00. The summed E-state index contributed by atoms with van der Waals surface area (Å²) >= 11 is 1.22. The molecule has 0 saturated heterocycles. The highest BCUT2D eigenvalue weighted by atomic mass is 32.2. The Balaban J connectivity index is 1.48. The first-order chi connectivity index (χ1) is 16.0. The van der Waals surface area contributed by atoms with Gasteiger partial charge in [-0.3, -0.25) is 14.7 Å². The molecule has 2 N–H and O–H groups in total. The zero-order chi connectivity index (χ0) is 23.2. The second kappa shape index (κ2) is 10.2. The highest BCUT2D eigenvalue weighted by Crippen LogP contribution is 2.31. The molecule has 9 heteroatoms. The average Bonchev–Trinajstić information content (AvgIpc) is 3.44. The molecule has 2 heterocycles. The minimum atomic E-state index is -0.586. The van der Waals surface area contributed by atoms with Crippen LogP contribution in [0.1, 0.15) is 18.2 Å². The van der Waals surface area contributed by atoms with Crippen LogP contribution in [0.15, 0.2) is 82.6 Å². The molecule has 4 aromatic rings. The van der Waals surface area contributed by atoms with Gasteiger partial charge in [-0.25, -0.2) is 4.79 Å². The van der Waals surface area contributed by atoms with Crippen molar-refractivity contribution in [1.82, 2.24) is 25.4 Å². The van der Waals surface area contributed by atoms with E-state index in [0.29, 0.717) is 17.5 Å². The molecule has 3 amide bonds. The molecule has 33 heavy (non-hydrogen) atoms. The predicted octanol–water partition coefficient (Wildman–Crippen LogP) is 4.34. The number of benzene rings is 2. The lowest BCUT2D eigenvalue weighted by Crippen LogP contribution is -2.42. The third-order valence-electron chi connectivity index (χ3n) is 4.93. The van der Waals surface area contributed by atoms with Crippen LogP contribution in [0.2, 0.25) is 0 Å². The van der Waals surface area contributed by atoms with Gasteiger partial charge in [-0.2, -0.15) is 0 Å². The fourth-order valence-corrected chi connectivity index (χ4v) is 4.06. The lowest BCUT2D eigenvalue weighted by molar-refractivity contribution is -0.119. The number of nitrogens with zero attached hydrogens (tertiary/aromatic N) is 3. The van der Waals surface area contributed by atoms with Gasteiger partial charge in [0.25, 0.3) is 0 Å². The first kappa shape index (κ1) is 22.3. The lowest BCUT2D eigenvalue weighted by atomic mass is 10.2. The number of hydrogen-bond donors (Lipinski definition) is 2. The molecule has 0 aliphatic rings. The summed E-state index contributed by atoms with van der Waals surface area (Å²) < 4.78 is 7.32. The number of nitrogens with one attached hydrogen (secondary N) is 2. The van der Waals surface area contributed by atoms with Gasteiger partial charge < -0.3 is 9.73 Å². The second-order valence-electron chi connectivity index (χ2n) is 7.29. The molecule has 0 saturated carbocycles. The van der Waals surface area contributed by atoms with Crippen LogP contribution in [0.4, 0.5) is 4.79 Å².